The SMILES string of the molecule is Nc1nc2ccc(F)cc2cc1OCc1cc(C(=O)NC2CCC2)ccc1-n1cccn1. The van der Waals surface area contributed by atoms with Gasteiger partial charge in [0.1, 0.15) is 12.4 Å². The molecule has 1 aliphatic rings. The summed E-state index contributed by atoms with van der Waals surface area (Å²) in [5.41, 5.74) is 8.75. The average Bonchev–Trinajstić information content (AvgIpc) is 3.29. The fourth-order valence-electron chi connectivity index (χ4n) is 3.71. The van der Waals surface area contributed by atoms with Crippen LogP contribution in [0.4, 0.5) is 10.2 Å². The summed E-state index contributed by atoms with van der Waals surface area (Å²) in [6.07, 6.45) is 6.68. The summed E-state index contributed by atoms with van der Waals surface area (Å²) in [5, 5.41) is 7.94. The first-order chi connectivity index (χ1) is 15.6. The van der Waals surface area contributed by atoms with Crippen molar-refractivity contribution in [2.45, 2.75) is 31.9 Å². The molecule has 162 valence electrons. The lowest BCUT2D eigenvalue weighted by molar-refractivity contribution is 0.0917. The minimum Gasteiger partial charge on any atom is -0.485 e. The van der Waals surface area contributed by atoms with Crippen molar-refractivity contribution in [2.75, 3.05) is 5.73 Å². The fraction of sp³-hybridized carbons (Fsp3) is 0.208. The number of nitrogens with two attached hydrogens (primary N) is 1. The standard InChI is InChI=1S/C24H22FN5O2/c25-18-6-7-20-16(12-18)13-22(23(26)29-20)32-14-17-11-15(24(31)28-19-3-1-4-19)5-8-21(17)30-10-2-9-27-30/h2,5-13,19H,1,3-4,14H2,(H2,26,29)(H,28,31). The molecule has 5 rings (SSSR count). The van der Waals surface area contributed by atoms with Crippen molar-refractivity contribution < 1.29 is 13.9 Å². The number of hydrogen-bond donors (Lipinski definition) is 2. The first-order valence-corrected chi connectivity index (χ1v) is 10.5. The molecule has 2 aromatic heterocycles. The number of pyridine rings is 1. The molecular formula is C24H22FN5O2. The van der Waals surface area contributed by atoms with Gasteiger partial charge in [-0.15, -0.1) is 0 Å². The van der Waals surface area contributed by atoms with E-state index in [0.717, 1.165) is 30.5 Å². The Morgan fingerprint density at radius 2 is 2.09 bits per heavy atom. The average molecular weight is 431 g/mol. The van der Waals surface area contributed by atoms with E-state index >= 15 is 0 Å². The molecule has 0 spiro atoms. The maximum atomic E-state index is 13.6. The van der Waals surface area contributed by atoms with Gasteiger partial charge in [0.25, 0.3) is 5.91 Å². The molecule has 0 saturated heterocycles. The van der Waals surface area contributed by atoms with E-state index in [-0.39, 0.29) is 30.2 Å². The van der Waals surface area contributed by atoms with Crippen LogP contribution in [0.2, 0.25) is 0 Å². The van der Waals surface area contributed by atoms with E-state index in [9.17, 15) is 9.18 Å². The van der Waals surface area contributed by atoms with E-state index in [0.29, 0.717) is 22.2 Å². The van der Waals surface area contributed by atoms with Gasteiger partial charge in [-0.25, -0.2) is 14.1 Å². The van der Waals surface area contributed by atoms with Gasteiger partial charge in [-0.2, -0.15) is 5.10 Å². The van der Waals surface area contributed by atoms with Crippen LogP contribution < -0.4 is 15.8 Å². The predicted molar refractivity (Wildman–Crippen MR) is 119 cm³/mol. The quantitative estimate of drug-likeness (QED) is 0.481. The molecule has 1 saturated carbocycles. The van der Waals surface area contributed by atoms with Crippen LogP contribution in [-0.4, -0.2) is 26.7 Å². The zero-order chi connectivity index (χ0) is 22.1. The molecule has 1 aliphatic carbocycles. The summed E-state index contributed by atoms with van der Waals surface area (Å²) >= 11 is 0. The number of nitrogen functional groups attached to an aromatic ring is 1. The van der Waals surface area contributed by atoms with Gasteiger partial charge >= 0.3 is 0 Å². The number of hydrogen-bond acceptors (Lipinski definition) is 5. The van der Waals surface area contributed by atoms with E-state index in [1.54, 1.807) is 35.1 Å². The molecule has 0 radical (unpaired) electrons. The van der Waals surface area contributed by atoms with Crippen LogP contribution in [0.5, 0.6) is 5.75 Å². The normalized spacial score (nSPS) is 13.7. The van der Waals surface area contributed by atoms with E-state index in [2.05, 4.69) is 15.4 Å². The Morgan fingerprint density at radius 3 is 2.84 bits per heavy atom. The highest BCUT2D eigenvalue weighted by molar-refractivity contribution is 5.95. The Bertz CT molecular complexity index is 1290. The minimum atomic E-state index is -0.360. The Balaban J connectivity index is 1.44. The zero-order valence-corrected chi connectivity index (χ0v) is 17.3. The number of carbonyl (C=O) groups excluding carboxylic acids is 1. The Kier molecular flexibility index (Phi) is 5.18. The third-order valence-electron chi connectivity index (χ3n) is 5.69. The molecule has 8 heteroatoms. The third-order valence-corrected chi connectivity index (χ3v) is 5.69. The van der Waals surface area contributed by atoms with Crippen molar-refractivity contribution in [1.29, 1.82) is 0 Å². The number of ether oxygens (including phenoxy) is 1. The Labute approximate surface area is 184 Å². The predicted octanol–water partition coefficient (Wildman–Crippen LogP) is 4.00. The summed E-state index contributed by atoms with van der Waals surface area (Å²) < 4.78 is 21.3. The van der Waals surface area contributed by atoms with Crippen LogP contribution in [0.1, 0.15) is 35.2 Å². The van der Waals surface area contributed by atoms with Crippen LogP contribution in [-0.2, 0) is 6.61 Å². The maximum absolute atomic E-state index is 13.6. The Hall–Kier alpha value is -3.94. The first kappa shape index (κ1) is 20.0. The first-order valence-electron chi connectivity index (χ1n) is 10.5. The highest BCUT2D eigenvalue weighted by Crippen LogP contribution is 2.27. The molecule has 2 heterocycles. The number of halogens is 1. The van der Waals surface area contributed by atoms with Gasteiger partial charge in [-0.1, -0.05) is 0 Å². The number of benzene rings is 2. The van der Waals surface area contributed by atoms with Gasteiger partial charge in [0, 0.05) is 34.9 Å². The highest BCUT2D eigenvalue weighted by Gasteiger charge is 2.21. The van der Waals surface area contributed by atoms with Crippen molar-refractivity contribution >= 4 is 22.6 Å². The second-order valence-electron chi connectivity index (χ2n) is 7.89. The molecule has 7 nitrogen and oxygen atoms in total. The number of amides is 1. The number of nitrogens with one attached hydrogen (secondary N) is 1. The number of rotatable bonds is 6. The molecule has 2 aromatic carbocycles. The van der Waals surface area contributed by atoms with Crippen LogP contribution >= 0.6 is 0 Å². The van der Waals surface area contributed by atoms with Gasteiger partial charge in [-0.05, 0) is 67.8 Å². The smallest absolute Gasteiger partial charge is 0.251 e. The number of carbonyl (C=O) groups is 1. The molecule has 0 bridgehead atoms. The molecule has 3 N–H and O–H groups in total. The maximum Gasteiger partial charge on any atom is 0.251 e. The summed E-state index contributed by atoms with van der Waals surface area (Å²) in [4.78, 5) is 17.0. The van der Waals surface area contributed by atoms with Crippen LogP contribution in [0.25, 0.3) is 16.6 Å². The fourth-order valence-corrected chi connectivity index (χ4v) is 3.71. The number of fused-ring (bicyclic) bond motifs is 1. The van der Waals surface area contributed by atoms with Crippen molar-refractivity contribution in [3.05, 3.63) is 77.9 Å². The highest BCUT2D eigenvalue weighted by atomic mass is 19.1. The van der Waals surface area contributed by atoms with Crippen molar-refractivity contribution in [2.24, 2.45) is 0 Å². The van der Waals surface area contributed by atoms with Gasteiger partial charge in [-0.3, -0.25) is 4.79 Å². The topological polar surface area (TPSA) is 95.1 Å². The molecule has 0 unspecified atom stereocenters. The number of anilines is 1. The van der Waals surface area contributed by atoms with Gasteiger partial charge in [0.15, 0.2) is 11.6 Å². The van der Waals surface area contributed by atoms with Crippen molar-refractivity contribution in [3.8, 4) is 11.4 Å². The largest absolute Gasteiger partial charge is 0.485 e. The van der Waals surface area contributed by atoms with Gasteiger partial charge in [0.2, 0.25) is 0 Å². The summed E-state index contributed by atoms with van der Waals surface area (Å²) in [5.74, 6) is 0.0916. The van der Waals surface area contributed by atoms with Crippen molar-refractivity contribution in [3.63, 3.8) is 0 Å². The zero-order valence-electron chi connectivity index (χ0n) is 17.3. The lowest BCUT2D eigenvalue weighted by Crippen LogP contribution is -2.39. The molecule has 1 amide bonds. The van der Waals surface area contributed by atoms with Crippen LogP contribution in [0, 0.1) is 5.82 Å². The molecule has 4 aromatic rings. The van der Waals surface area contributed by atoms with Crippen LogP contribution in [0.15, 0.2) is 60.9 Å². The van der Waals surface area contributed by atoms with E-state index < -0.39 is 0 Å². The molecular weight excluding hydrogens is 409 g/mol. The van der Waals surface area contributed by atoms with E-state index in [4.69, 9.17) is 10.5 Å². The minimum absolute atomic E-state index is 0.106. The summed E-state index contributed by atoms with van der Waals surface area (Å²) in [7, 11) is 0. The Morgan fingerprint density at radius 1 is 1.22 bits per heavy atom. The summed E-state index contributed by atoms with van der Waals surface area (Å²) in [6, 6.07) is 13.5. The third kappa shape index (κ3) is 3.99. The monoisotopic (exact) mass is 431 g/mol. The molecule has 32 heavy (non-hydrogen) atoms. The molecule has 0 atom stereocenters. The van der Waals surface area contributed by atoms with Gasteiger partial charge < -0.3 is 15.8 Å². The lowest BCUT2D eigenvalue weighted by Gasteiger charge is -2.26. The molecule has 1 fully saturated rings. The molecule has 0 aliphatic heterocycles. The van der Waals surface area contributed by atoms with Crippen LogP contribution in [0.3, 0.4) is 0 Å². The lowest BCUT2D eigenvalue weighted by atomic mass is 9.93. The second-order valence-corrected chi connectivity index (χ2v) is 7.89. The second kappa shape index (κ2) is 8.30. The van der Waals surface area contributed by atoms with E-state index in [1.165, 1.54) is 12.1 Å². The number of aromatic nitrogens is 3. The summed E-state index contributed by atoms with van der Waals surface area (Å²) in [6.45, 7) is 0.131. The number of nitrogens with zero attached hydrogens (tertiary/aromatic N) is 3. The van der Waals surface area contributed by atoms with E-state index in [1.807, 2.05) is 18.3 Å². The van der Waals surface area contributed by atoms with Crippen molar-refractivity contribution in [1.82, 2.24) is 20.1 Å². The van der Waals surface area contributed by atoms with Gasteiger partial charge in [0.05, 0.1) is 11.2 Å².